The first-order valence-electron chi connectivity index (χ1n) is 17.5. The summed E-state index contributed by atoms with van der Waals surface area (Å²) < 4.78 is 57.6. The van der Waals surface area contributed by atoms with Gasteiger partial charge in [0.05, 0.1) is 30.2 Å². The standard InChI is InChI=1S/C36H42F3N7O4/c1-19(41-34(48)35(36(37,38)39)10-12-50-13-11-35)26-8-6-22-14-28(44(32(22)42-26)18-21-4-5-21)31-20(2)45-29(43-31)15-23(16-30(45)49-3)33(47)46-24-7-9-27(46)25(40)17-24/h6,8,14-16,19,21,24-25,27H,4-5,7,9-13,17-18,40H2,1-3H3,(H,41,48)/t19-,24+,25-,27-/m1/s1. The minimum atomic E-state index is -4.70. The van der Waals surface area contributed by atoms with Crippen LogP contribution in [-0.2, 0) is 16.1 Å². The first-order chi connectivity index (χ1) is 23.9. The summed E-state index contributed by atoms with van der Waals surface area (Å²) in [5, 5.41) is 3.47. The van der Waals surface area contributed by atoms with Crippen LogP contribution in [0.2, 0.25) is 0 Å². The number of nitrogens with one attached hydrogen (secondary N) is 1. The fraction of sp³-hybridized carbons (Fsp3) is 0.556. The van der Waals surface area contributed by atoms with Gasteiger partial charge in [-0.25, -0.2) is 9.97 Å². The Labute approximate surface area is 287 Å². The van der Waals surface area contributed by atoms with Gasteiger partial charge in [-0.2, -0.15) is 13.2 Å². The molecule has 2 bridgehead atoms. The van der Waals surface area contributed by atoms with Crippen molar-refractivity contribution < 1.29 is 32.2 Å². The number of nitrogens with two attached hydrogens (primary N) is 1. The van der Waals surface area contributed by atoms with Gasteiger partial charge < -0.3 is 30.0 Å². The topological polar surface area (TPSA) is 129 Å². The highest BCUT2D eigenvalue weighted by Crippen LogP contribution is 2.47. The smallest absolute Gasteiger partial charge is 0.403 e. The molecule has 0 unspecified atom stereocenters. The molecule has 3 saturated heterocycles. The Morgan fingerprint density at radius 2 is 1.88 bits per heavy atom. The molecule has 8 rings (SSSR count). The number of aromatic nitrogens is 4. The van der Waals surface area contributed by atoms with Crippen molar-refractivity contribution in [2.45, 2.75) is 95.7 Å². The lowest BCUT2D eigenvalue weighted by Gasteiger charge is -2.37. The number of amides is 2. The average molecular weight is 694 g/mol. The number of alkyl halides is 3. The molecule has 0 radical (unpaired) electrons. The Bertz CT molecular complexity index is 1990. The van der Waals surface area contributed by atoms with E-state index in [0.29, 0.717) is 46.6 Å². The van der Waals surface area contributed by atoms with Gasteiger partial charge >= 0.3 is 6.18 Å². The first kappa shape index (κ1) is 33.0. The number of rotatable bonds is 8. The number of fused-ring (bicyclic) bond motifs is 4. The number of pyridine rings is 2. The second-order valence-corrected chi connectivity index (χ2v) is 14.6. The second kappa shape index (κ2) is 12.0. The maximum atomic E-state index is 14.2. The molecule has 1 saturated carbocycles. The Kier molecular flexibility index (Phi) is 7.90. The molecule has 50 heavy (non-hydrogen) atoms. The van der Waals surface area contributed by atoms with E-state index in [1.807, 2.05) is 34.4 Å². The summed E-state index contributed by atoms with van der Waals surface area (Å²) in [6, 6.07) is 8.67. The number of hydrogen-bond acceptors (Lipinski definition) is 7. The van der Waals surface area contributed by atoms with E-state index in [1.54, 1.807) is 26.2 Å². The predicted octanol–water partition coefficient (Wildman–Crippen LogP) is 5.32. The van der Waals surface area contributed by atoms with Crippen molar-refractivity contribution in [3.05, 3.63) is 47.3 Å². The summed E-state index contributed by atoms with van der Waals surface area (Å²) in [4.78, 5) is 39.0. The molecule has 0 aromatic carbocycles. The molecule has 4 aromatic heterocycles. The van der Waals surface area contributed by atoms with Crippen molar-refractivity contribution in [2.24, 2.45) is 17.1 Å². The molecule has 4 aliphatic rings. The number of imidazole rings is 1. The van der Waals surface area contributed by atoms with Gasteiger partial charge in [-0.05, 0) is 89.0 Å². The third-order valence-corrected chi connectivity index (χ3v) is 11.5. The largest absolute Gasteiger partial charge is 0.482 e. The van der Waals surface area contributed by atoms with Crippen molar-refractivity contribution in [3.8, 4) is 17.3 Å². The fourth-order valence-electron chi connectivity index (χ4n) is 8.38. The van der Waals surface area contributed by atoms with Gasteiger partial charge in [0.15, 0.2) is 5.88 Å². The number of halogens is 3. The molecule has 4 atom stereocenters. The number of nitrogens with zero attached hydrogens (tertiary/aromatic N) is 5. The van der Waals surface area contributed by atoms with Crippen LogP contribution < -0.4 is 15.8 Å². The normalized spacial score (nSPS) is 23.9. The van der Waals surface area contributed by atoms with E-state index in [-0.39, 0.29) is 37.2 Å². The summed E-state index contributed by atoms with van der Waals surface area (Å²) in [6.07, 6.45) is -0.663. The van der Waals surface area contributed by atoms with Gasteiger partial charge in [0, 0.05) is 54.9 Å². The van der Waals surface area contributed by atoms with E-state index in [9.17, 15) is 22.8 Å². The average Bonchev–Trinajstić information content (AvgIpc) is 3.41. The van der Waals surface area contributed by atoms with E-state index < -0.39 is 36.4 Å². The molecular formula is C36H42F3N7O4. The first-order valence-corrected chi connectivity index (χ1v) is 17.5. The molecule has 3 N–H and O–H groups in total. The van der Waals surface area contributed by atoms with Crippen LogP contribution in [0, 0.1) is 18.3 Å². The summed E-state index contributed by atoms with van der Waals surface area (Å²) in [5.74, 6) is -0.157. The lowest BCUT2D eigenvalue weighted by molar-refractivity contribution is -0.240. The highest BCUT2D eigenvalue weighted by Gasteiger charge is 2.60. The van der Waals surface area contributed by atoms with E-state index in [0.717, 1.165) is 48.9 Å². The summed E-state index contributed by atoms with van der Waals surface area (Å²) in [5.41, 5.74) is 8.44. The van der Waals surface area contributed by atoms with Gasteiger partial charge in [-0.3, -0.25) is 14.0 Å². The van der Waals surface area contributed by atoms with Gasteiger partial charge in [-0.15, -0.1) is 0 Å². The monoisotopic (exact) mass is 693 g/mol. The number of ether oxygens (including phenoxy) is 2. The van der Waals surface area contributed by atoms with Crippen molar-refractivity contribution >= 4 is 28.5 Å². The molecule has 1 aliphatic carbocycles. The molecular weight excluding hydrogens is 651 g/mol. The molecule has 0 spiro atoms. The Morgan fingerprint density at radius 1 is 1.12 bits per heavy atom. The van der Waals surface area contributed by atoms with Crippen LogP contribution in [0.4, 0.5) is 13.2 Å². The van der Waals surface area contributed by atoms with Crippen LogP contribution in [0.3, 0.4) is 0 Å². The second-order valence-electron chi connectivity index (χ2n) is 14.6. The number of hydrogen-bond donors (Lipinski definition) is 2. The lowest BCUT2D eigenvalue weighted by atomic mass is 9.78. The van der Waals surface area contributed by atoms with Crippen molar-refractivity contribution in [1.29, 1.82) is 0 Å². The molecule has 266 valence electrons. The van der Waals surface area contributed by atoms with Crippen molar-refractivity contribution in [3.63, 3.8) is 0 Å². The van der Waals surface area contributed by atoms with Crippen LogP contribution in [0.15, 0.2) is 30.3 Å². The summed E-state index contributed by atoms with van der Waals surface area (Å²) in [6.45, 7) is 4.07. The molecule has 4 aromatic rings. The van der Waals surface area contributed by atoms with Gasteiger partial charge in [-0.1, -0.05) is 0 Å². The van der Waals surface area contributed by atoms with Crippen LogP contribution in [-0.4, -0.2) is 80.3 Å². The van der Waals surface area contributed by atoms with Gasteiger partial charge in [0.1, 0.15) is 22.4 Å². The highest BCUT2D eigenvalue weighted by atomic mass is 19.4. The predicted molar refractivity (Wildman–Crippen MR) is 179 cm³/mol. The third-order valence-electron chi connectivity index (χ3n) is 11.5. The van der Waals surface area contributed by atoms with E-state index in [4.69, 9.17) is 25.2 Å². The molecule has 3 aliphatic heterocycles. The number of aryl methyl sites for hydroxylation is 1. The van der Waals surface area contributed by atoms with Gasteiger partial charge in [0.25, 0.3) is 5.91 Å². The molecule has 11 nitrogen and oxygen atoms in total. The third kappa shape index (κ3) is 5.24. The highest BCUT2D eigenvalue weighted by molar-refractivity contribution is 5.97. The maximum Gasteiger partial charge on any atom is 0.403 e. The van der Waals surface area contributed by atoms with Crippen LogP contribution in [0.5, 0.6) is 5.88 Å². The fourth-order valence-corrected chi connectivity index (χ4v) is 8.38. The Hall–Kier alpha value is -4.17. The van der Waals surface area contributed by atoms with Crippen molar-refractivity contribution in [1.82, 2.24) is 29.2 Å². The number of methoxy groups -OCH3 is 1. The Balaban J connectivity index is 1.15. The maximum absolute atomic E-state index is 14.2. The SMILES string of the molecule is COc1cc(C(=O)N2[C@H]3CC[C@@H]2[C@H](N)C3)cc2nc(-c3cc4ccc([C@@H](C)NC(=O)C5(C(F)(F)F)CCOCC5)nc4n3CC3CC3)c(C)n12. The van der Waals surface area contributed by atoms with Crippen molar-refractivity contribution in [2.75, 3.05) is 20.3 Å². The zero-order valence-electron chi connectivity index (χ0n) is 28.4. The van der Waals surface area contributed by atoms with Crippen LogP contribution in [0.1, 0.15) is 79.7 Å². The number of carbonyl (C=O) groups is 2. The van der Waals surface area contributed by atoms with E-state index in [2.05, 4.69) is 9.88 Å². The minimum Gasteiger partial charge on any atom is -0.482 e. The molecule has 14 heteroatoms. The molecule has 7 heterocycles. The summed E-state index contributed by atoms with van der Waals surface area (Å²) >= 11 is 0. The zero-order chi connectivity index (χ0) is 35.1. The Morgan fingerprint density at radius 3 is 2.52 bits per heavy atom. The van der Waals surface area contributed by atoms with E-state index >= 15 is 0 Å². The van der Waals surface area contributed by atoms with Crippen LogP contribution in [0.25, 0.3) is 28.1 Å². The lowest BCUT2D eigenvalue weighted by Crippen LogP contribution is -2.54. The summed E-state index contributed by atoms with van der Waals surface area (Å²) in [7, 11) is 1.58. The molecule has 4 fully saturated rings. The quantitative estimate of drug-likeness (QED) is 0.256. The van der Waals surface area contributed by atoms with Gasteiger partial charge in [0.2, 0.25) is 5.91 Å². The van der Waals surface area contributed by atoms with E-state index in [1.165, 1.54) is 0 Å². The number of carbonyl (C=O) groups excluding carboxylic acids is 2. The minimum absolute atomic E-state index is 0.00566. The zero-order valence-corrected chi connectivity index (χ0v) is 28.4. The van der Waals surface area contributed by atoms with Crippen LogP contribution >= 0.6 is 0 Å². The molecule has 2 amide bonds.